The average molecular weight is 301 g/mol. The summed E-state index contributed by atoms with van der Waals surface area (Å²) in [5, 5.41) is 0.308. The Hall–Kier alpha value is 0.0269. The molecule has 19 heavy (non-hydrogen) atoms. The molecule has 2 saturated carbocycles. The first-order valence-corrected chi connectivity index (χ1v) is 10.6. The summed E-state index contributed by atoms with van der Waals surface area (Å²) >= 11 is 5.21. The van der Waals surface area contributed by atoms with Gasteiger partial charge in [0.2, 0.25) is 0 Å². The number of hydrogen-bond acceptors (Lipinski definition) is 3. The molecular weight excluding hydrogens is 272 g/mol. The molecule has 0 aromatic carbocycles. The second-order valence-electron chi connectivity index (χ2n) is 8.02. The zero-order valence-corrected chi connectivity index (χ0v) is 14.7. The number of hydrogen-bond donors (Lipinski definition) is 2. The number of rotatable bonds is 3. The van der Waals surface area contributed by atoms with Crippen molar-refractivity contribution in [1.29, 1.82) is 0 Å². The van der Waals surface area contributed by atoms with Crippen LogP contribution in [0.4, 0.5) is 0 Å². The van der Waals surface area contributed by atoms with Gasteiger partial charge < -0.3 is 9.85 Å². The first-order valence-electron chi connectivity index (χ1n) is 7.27. The molecule has 0 unspecified atom stereocenters. The zero-order valence-electron chi connectivity index (χ0n) is 12.9. The molecule has 0 aliphatic heterocycles. The van der Waals surface area contributed by atoms with Crippen LogP contribution in [0.3, 0.4) is 0 Å². The third-order valence-corrected chi connectivity index (χ3v) is 10.4. The van der Waals surface area contributed by atoms with Crippen molar-refractivity contribution < 1.29 is 4.43 Å². The lowest BCUT2D eigenvalue weighted by Gasteiger charge is -2.59. The molecular formula is C14H28N2OSSi. The minimum atomic E-state index is -1.59. The van der Waals surface area contributed by atoms with Crippen molar-refractivity contribution in [2.75, 3.05) is 0 Å². The van der Waals surface area contributed by atoms with Crippen LogP contribution in [-0.4, -0.2) is 19.4 Å². The van der Waals surface area contributed by atoms with E-state index in [2.05, 4.69) is 39.3 Å². The Morgan fingerprint density at radius 1 is 1.26 bits per heavy atom. The highest BCUT2D eigenvalue weighted by molar-refractivity contribution is 7.80. The van der Waals surface area contributed by atoms with Crippen LogP contribution in [-0.2, 0) is 4.43 Å². The molecule has 0 aromatic rings. The first kappa shape index (κ1) is 15.4. The van der Waals surface area contributed by atoms with Crippen molar-refractivity contribution in [3.63, 3.8) is 0 Å². The molecule has 2 rings (SSSR count). The molecule has 3 nitrogen and oxygen atoms in total. The molecule has 0 radical (unpaired) electrons. The average Bonchev–Trinajstić information content (AvgIpc) is 2.16. The minimum absolute atomic E-state index is 0.308. The van der Waals surface area contributed by atoms with E-state index in [-0.39, 0.29) is 0 Å². The van der Waals surface area contributed by atoms with Gasteiger partial charge in [-0.25, -0.2) is 0 Å². The minimum Gasteiger partial charge on any atom is -0.414 e. The van der Waals surface area contributed by atoms with Crippen LogP contribution in [0.25, 0.3) is 0 Å². The normalized spacial score (nSPS) is 34.6. The Bertz CT molecular complexity index is 364. The SMILES string of the molecule is CC(C)(C)[Si](C)(C)OC1CC2(C1)CC(C(=S)NN)C2. The van der Waals surface area contributed by atoms with E-state index in [1.165, 1.54) is 25.7 Å². The second kappa shape index (κ2) is 4.79. The fourth-order valence-electron chi connectivity index (χ4n) is 3.21. The summed E-state index contributed by atoms with van der Waals surface area (Å²) in [4.78, 5) is 0.833. The van der Waals surface area contributed by atoms with E-state index in [0.29, 0.717) is 22.5 Å². The van der Waals surface area contributed by atoms with Gasteiger partial charge in [0.25, 0.3) is 0 Å². The van der Waals surface area contributed by atoms with Crippen LogP contribution in [0, 0.1) is 11.3 Å². The molecule has 0 heterocycles. The monoisotopic (exact) mass is 300 g/mol. The van der Waals surface area contributed by atoms with Gasteiger partial charge in [-0.1, -0.05) is 33.0 Å². The lowest BCUT2D eigenvalue weighted by atomic mass is 9.51. The summed E-state index contributed by atoms with van der Waals surface area (Å²) in [6.07, 6.45) is 5.34. The van der Waals surface area contributed by atoms with Gasteiger partial charge in [0.1, 0.15) is 0 Å². The molecule has 0 saturated heterocycles. The van der Waals surface area contributed by atoms with Crippen molar-refractivity contribution in [2.24, 2.45) is 17.2 Å². The predicted octanol–water partition coefficient (Wildman–Crippen LogP) is 3.36. The van der Waals surface area contributed by atoms with Gasteiger partial charge in [-0.3, -0.25) is 5.84 Å². The van der Waals surface area contributed by atoms with Crippen molar-refractivity contribution in [3.05, 3.63) is 0 Å². The summed E-state index contributed by atoms with van der Waals surface area (Å²) in [6.45, 7) is 11.6. The fourth-order valence-corrected chi connectivity index (χ4v) is 4.73. The number of nitrogens with one attached hydrogen (secondary N) is 1. The molecule has 2 aliphatic carbocycles. The van der Waals surface area contributed by atoms with Crippen LogP contribution in [0.15, 0.2) is 0 Å². The molecule has 110 valence electrons. The van der Waals surface area contributed by atoms with E-state index < -0.39 is 8.32 Å². The van der Waals surface area contributed by atoms with E-state index in [4.69, 9.17) is 22.5 Å². The van der Waals surface area contributed by atoms with Crippen LogP contribution < -0.4 is 11.3 Å². The number of hydrazine groups is 1. The zero-order chi connectivity index (χ0) is 14.5. The van der Waals surface area contributed by atoms with Crippen LogP contribution in [0.1, 0.15) is 46.5 Å². The van der Waals surface area contributed by atoms with Gasteiger partial charge in [-0.2, -0.15) is 0 Å². The lowest BCUT2D eigenvalue weighted by molar-refractivity contribution is -0.0891. The van der Waals surface area contributed by atoms with E-state index in [9.17, 15) is 0 Å². The highest BCUT2D eigenvalue weighted by Gasteiger charge is 2.55. The fraction of sp³-hybridized carbons (Fsp3) is 0.929. The summed E-state index contributed by atoms with van der Waals surface area (Å²) in [5.41, 5.74) is 3.16. The van der Waals surface area contributed by atoms with Crippen LogP contribution in [0.5, 0.6) is 0 Å². The largest absolute Gasteiger partial charge is 0.414 e. The number of thiocarbonyl (C=S) groups is 1. The molecule has 1 spiro atoms. The molecule has 0 aromatic heterocycles. The smallest absolute Gasteiger partial charge is 0.192 e. The van der Waals surface area contributed by atoms with E-state index in [1.54, 1.807) is 0 Å². The van der Waals surface area contributed by atoms with Crippen molar-refractivity contribution in [2.45, 2.75) is 70.7 Å². The van der Waals surface area contributed by atoms with Gasteiger partial charge in [0.05, 0.1) is 4.99 Å². The quantitative estimate of drug-likeness (QED) is 0.363. The van der Waals surface area contributed by atoms with Gasteiger partial charge in [0.15, 0.2) is 8.32 Å². The number of nitrogens with two attached hydrogens (primary N) is 1. The van der Waals surface area contributed by atoms with Crippen molar-refractivity contribution in [3.8, 4) is 0 Å². The van der Waals surface area contributed by atoms with Gasteiger partial charge in [-0.05, 0) is 49.2 Å². The molecule has 0 bridgehead atoms. The third kappa shape index (κ3) is 2.89. The Morgan fingerprint density at radius 3 is 2.21 bits per heavy atom. The Balaban J connectivity index is 1.78. The topological polar surface area (TPSA) is 47.3 Å². The maximum Gasteiger partial charge on any atom is 0.192 e. The molecule has 3 N–H and O–H groups in total. The molecule has 2 aliphatic rings. The predicted molar refractivity (Wildman–Crippen MR) is 86.4 cm³/mol. The lowest BCUT2D eigenvalue weighted by Crippen LogP contribution is -2.57. The molecule has 0 atom stereocenters. The summed E-state index contributed by atoms with van der Waals surface area (Å²) < 4.78 is 6.46. The highest BCUT2D eigenvalue weighted by Crippen LogP contribution is 2.60. The first-order chi connectivity index (χ1) is 8.59. The molecule has 2 fully saturated rings. The Morgan fingerprint density at radius 2 is 1.79 bits per heavy atom. The van der Waals surface area contributed by atoms with Crippen LogP contribution in [0.2, 0.25) is 18.1 Å². The second-order valence-corrected chi connectivity index (χ2v) is 13.2. The van der Waals surface area contributed by atoms with E-state index in [0.717, 1.165) is 4.99 Å². The standard InChI is InChI=1S/C14H28N2OSSi/c1-13(2,3)19(4,5)17-11-8-14(9-11)6-10(7-14)12(18)16-15/h10-11H,6-9,15H2,1-5H3,(H,16,18). The van der Waals surface area contributed by atoms with E-state index in [1.807, 2.05) is 0 Å². The summed E-state index contributed by atoms with van der Waals surface area (Å²) in [6, 6.07) is 0. The summed E-state index contributed by atoms with van der Waals surface area (Å²) in [7, 11) is -1.59. The highest BCUT2D eigenvalue weighted by atomic mass is 32.1. The van der Waals surface area contributed by atoms with Gasteiger partial charge >= 0.3 is 0 Å². The summed E-state index contributed by atoms with van der Waals surface area (Å²) in [5.74, 6) is 5.89. The Labute approximate surface area is 123 Å². The molecule has 0 amide bonds. The Kier molecular flexibility index (Phi) is 3.89. The van der Waals surface area contributed by atoms with Crippen LogP contribution >= 0.6 is 12.2 Å². The van der Waals surface area contributed by atoms with E-state index >= 15 is 0 Å². The third-order valence-electron chi connectivity index (χ3n) is 5.46. The van der Waals surface area contributed by atoms with Crippen molar-refractivity contribution >= 4 is 25.5 Å². The molecule has 5 heteroatoms. The maximum absolute atomic E-state index is 6.46. The maximum atomic E-state index is 6.46. The van der Waals surface area contributed by atoms with Crippen molar-refractivity contribution in [1.82, 2.24) is 5.43 Å². The van der Waals surface area contributed by atoms with Gasteiger partial charge in [-0.15, -0.1) is 0 Å². The van der Waals surface area contributed by atoms with Gasteiger partial charge in [0, 0.05) is 12.0 Å².